The maximum atomic E-state index is 13.7. The average Bonchev–Trinajstić information content (AvgIpc) is 2.35. The molecule has 2 aromatic rings. The molecule has 0 spiro atoms. The van der Waals surface area contributed by atoms with Crippen LogP contribution < -0.4 is 5.32 Å². The summed E-state index contributed by atoms with van der Waals surface area (Å²) in [6, 6.07) is 8.69. The van der Waals surface area contributed by atoms with E-state index in [1.54, 1.807) is 18.3 Å². The van der Waals surface area contributed by atoms with E-state index in [0.717, 1.165) is 15.9 Å². The fraction of sp³-hybridized carbons (Fsp3) is 0.214. The van der Waals surface area contributed by atoms with E-state index in [4.69, 9.17) is 0 Å². The smallest absolute Gasteiger partial charge is 0.128 e. The number of halogens is 2. The molecule has 0 radical (unpaired) electrons. The number of pyridine rings is 1. The number of aromatic nitrogens is 1. The van der Waals surface area contributed by atoms with Gasteiger partial charge in [0.1, 0.15) is 5.82 Å². The van der Waals surface area contributed by atoms with Gasteiger partial charge in [0.05, 0.1) is 17.9 Å². The van der Waals surface area contributed by atoms with Crippen molar-refractivity contribution >= 4 is 21.6 Å². The largest absolute Gasteiger partial charge is 0.377 e. The summed E-state index contributed by atoms with van der Waals surface area (Å²) in [5.74, 6) is -0.210. The van der Waals surface area contributed by atoms with Gasteiger partial charge in [-0.15, -0.1) is 0 Å². The quantitative estimate of drug-likeness (QED) is 0.905. The highest BCUT2D eigenvalue weighted by Gasteiger charge is 2.11. The van der Waals surface area contributed by atoms with Gasteiger partial charge in [0, 0.05) is 15.7 Å². The zero-order chi connectivity index (χ0) is 13.1. The molecule has 4 heteroatoms. The SMILES string of the molecule is Cc1ccc(NC(C)c2cc(Br)ccc2F)cn1. The molecule has 1 heterocycles. The van der Waals surface area contributed by atoms with Crippen LogP contribution in [0.1, 0.15) is 24.2 Å². The number of nitrogens with one attached hydrogen (secondary N) is 1. The summed E-state index contributed by atoms with van der Waals surface area (Å²) in [6.45, 7) is 3.85. The molecular weight excluding hydrogens is 295 g/mol. The normalized spacial score (nSPS) is 12.2. The van der Waals surface area contributed by atoms with Gasteiger partial charge in [-0.25, -0.2) is 4.39 Å². The molecule has 0 fully saturated rings. The topological polar surface area (TPSA) is 24.9 Å². The van der Waals surface area contributed by atoms with Crippen LogP contribution >= 0.6 is 15.9 Å². The first kappa shape index (κ1) is 13.0. The minimum Gasteiger partial charge on any atom is -0.377 e. The van der Waals surface area contributed by atoms with Crippen molar-refractivity contribution < 1.29 is 4.39 Å². The number of aryl methyl sites for hydroxylation is 1. The first-order valence-corrected chi connectivity index (χ1v) is 6.49. The lowest BCUT2D eigenvalue weighted by Gasteiger charge is -2.16. The molecule has 1 aromatic carbocycles. The van der Waals surface area contributed by atoms with Crippen LogP contribution in [0.25, 0.3) is 0 Å². The van der Waals surface area contributed by atoms with Gasteiger partial charge in [-0.05, 0) is 44.2 Å². The van der Waals surface area contributed by atoms with Crippen molar-refractivity contribution in [2.75, 3.05) is 5.32 Å². The first-order valence-electron chi connectivity index (χ1n) is 5.70. The molecule has 1 N–H and O–H groups in total. The maximum Gasteiger partial charge on any atom is 0.128 e. The highest BCUT2D eigenvalue weighted by molar-refractivity contribution is 9.10. The third-order valence-electron chi connectivity index (χ3n) is 2.72. The number of anilines is 1. The van der Waals surface area contributed by atoms with Gasteiger partial charge in [0.2, 0.25) is 0 Å². The zero-order valence-electron chi connectivity index (χ0n) is 10.2. The van der Waals surface area contributed by atoms with Crippen molar-refractivity contribution in [3.05, 3.63) is 58.1 Å². The predicted molar refractivity (Wildman–Crippen MR) is 75.1 cm³/mol. The Morgan fingerprint density at radius 3 is 2.72 bits per heavy atom. The maximum absolute atomic E-state index is 13.7. The molecule has 0 bridgehead atoms. The highest BCUT2D eigenvalue weighted by Crippen LogP contribution is 2.24. The molecule has 0 amide bonds. The van der Waals surface area contributed by atoms with Gasteiger partial charge in [-0.1, -0.05) is 15.9 Å². The second-order valence-corrected chi connectivity index (χ2v) is 5.14. The van der Waals surface area contributed by atoms with Gasteiger partial charge in [-0.3, -0.25) is 4.98 Å². The van der Waals surface area contributed by atoms with Crippen LogP contribution in [0.2, 0.25) is 0 Å². The molecule has 2 rings (SSSR count). The summed E-state index contributed by atoms with van der Waals surface area (Å²) in [6.07, 6.45) is 1.75. The minimum atomic E-state index is -0.210. The van der Waals surface area contributed by atoms with E-state index >= 15 is 0 Å². The van der Waals surface area contributed by atoms with Crippen LogP contribution in [-0.4, -0.2) is 4.98 Å². The van der Waals surface area contributed by atoms with Gasteiger partial charge in [0.25, 0.3) is 0 Å². The van der Waals surface area contributed by atoms with E-state index in [1.165, 1.54) is 6.07 Å². The van der Waals surface area contributed by atoms with Crippen molar-refractivity contribution in [3.63, 3.8) is 0 Å². The Labute approximate surface area is 114 Å². The standard InChI is InChI=1S/C14H14BrFN2/c1-9-3-5-12(8-17-9)18-10(2)13-7-11(15)4-6-14(13)16/h3-8,10,18H,1-2H3. The van der Waals surface area contributed by atoms with Crippen LogP contribution in [0.5, 0.6) is 0 Å². The molecule has 94 valence electrons. The number of benzene rings is 1. The summed E-state index contributed by atoms with van der Waals surface area (Å²) in [5, 5.41) is 3.23. The minimum absolute atomic E-state index is 0.119. The Morgan fingerprint density at radius 2 is 2.06 bits per heavy atom. The van der Waals surface area contributed by atoms with E-state index in [9.17, 15) is 4.39 Å². The van der Waals surface area contributed by atoms with Crippen molar-refractivity contribution in [2.24, 2.45) is 0 Å². The average molecular weight is 309 g/mol. The zero-order valence-corrected chi connectivity index (χ0v) is 11.8. The lowest BCUT2D eigenvalue weighted by molar-refractivity contribution is 0.600. The molecule has 1 unspecified atom stereocenters. The van der Waals surface area contributed by atoms with Crippen molar-refractivity contribution in [2.45, 2.75) is 19.9 Å². The molecule has 0 aliphatic heterocycles. The predicted octanol–water partition coefficient (Wildman–Crippen LogP) is 4.46. The van der Waals surface area contributed by atoms with E-state index in [0.29, 0.717) is 5.56 Å². The molecule has 0 saturated carbocycles. The first-order chi connectivity index (χ1) is 8.56. The van der Waals surface area contributed by atoms with Gasteiger partial charge in [0.15, 0.2) is 0 Å². The molecule has 0 aliphatic carbocycles. The van der Waals surface area contributed by atoms with Crippen molar-refractivity contribution in [3.8, 4) is 0 Å². The molecular formula is C14H14BrFN2. The fourth-order valence-electron chi connectivity index (χ4n) is 1.73. The van der Waals surface area contributed by atoms with Crippen molar-refractivity contribution in [1.82, 2.24) is 4.98 Å². The Hall–Kier alpha value is -1.42. The molecule has 0 saturated heterocycles. The van der Waals surface area contributed by atoms with E-state index < -0.39 is 0 Å². The lowest BCUT2D eigenvalue weighted by atomic mass is 10.1. The molecule has 2 nitrogen and oxygen atoms in total. The van der Waals surface area contributed by atoms with Gasteiger partial charge < -0.3 is 5.32 Å². The summed E-state index contributed by atoms with van der Waals surface area (Å²) < 4.78 is 14.6. The van der Waals surface area contributed by atoms with E-state index in [-0.39, 0.29) is 11.9 Å². The summed E-state index contributed by atoms with van der Waals surface area (Å²) in [4.78, 5) is 4.20. The Balaban J connectivity index is 2.18. The molecule has 1 atom stereocenters. The van der Waals surface area contributed by atoms with E-state index in [1.807, 2.05) is 26.0 Å². The summed E-state index contributed by atoms with van der Waals surface area (Å²) in [7, 11) is 0. The second kappa shape index (κ2) is 5.48. The summed E-state index contributed by atoms with van der Waals surface area (Å²) in [5.41, 5.74) is 2.47. The Kier molecular flexibility index (Phi) is 3.97. The number of rotatable bonds is 3. The van der Waals surface area contributed by atoms with Gasteiger partial charge >= 0.3 is 0 Å². The van der Waals surface area contributed by atoms with Crippen molar-refractivity contribution in [1.29, 1.82) is 0 Å². The second-order valence-electron chi connectivity index (χ2n) is 4.22. The third kappa shape index (κ3) is 3.07. The van der Waals surface area contributed by atoms with Crippen LogP contribution in [0.4, 0.5) is 10.1 Å². The number of hydrogen-bond acceptors (Lipinski definition) is 2. The number of nitrogens with zero attached hydrogens (tertiary/aromatic N) is 1. The third-order valence-corrected chi connectivity index (χ3v) is 3.21. The fourth-order valence-corrected chi connectivity index (χ4v) is 2.11. The molecule has 1 aromatic heterocycles. The lowest BCUT2D eigenvalue weighted by Crippen LogP contribution is -2.08. The van der Waals surface area contributed by atoms with E-state index in [2.05, 4.69) is 26.2 Å². The number of hydrogen-bond donors (Lipinski definition) is 1. The van der Waals surface area contributed by atoms with Crippen LogP contribution in [-0.2, 0) is 0 Å². The Morgan fingerprint density at radius 1 is 1.28 bits per heavy atom. The molecule has 0 aliphatic rings. The highest BCUT2D eigenvalue weighted by atomic mass is 79.9. The van der Waals surface area contributed by atoms with Gasteiger partial charge in [-0.2, -0.15) is 0 Å². The Bertz CT molecular complexity index is 540. The van der Waals surface area contributed by atoms with Crippen LogP contribution in [0.3, 0.4) is 0 Å². The van der Waals surface area contributed by atoms with Crippen LogP contribution in [0, 0.1) is 12.7 Å². The molecule has 18 heavy (non-hydrogen) atoms. The monoisotopic (exact) mass is 308 g/mol. The summed E-state index contributed by atoms with van der Waals surface area (Å²) >= 11 is 3.35. The van der Waals surface area contributed by atoms with Crippen LogP contribution in [0.15, 0.2) is 41.0 Å².